The minimum Gasteiger partial charge on any atom is -0.367 e. The molecule has 0 spiro atoms. The third kappa shape index (κ3) is 3.51. The van der Waals surface area contributed by atoms with Crippen LogP contribution in [0.1, 0.15) is 45.4 Å². The molecule has 0 radical (unpaired) electrons. The van der Waals surface area contributed by atoms with Crippen LogP contribution in [0.5, 0.6) is 0 Å². The topological polar surface area (TPSA) is 75.4 Å². The molecule has 2 N–H and O–H groups in total. The molecule has 0 aromatic carbocycles. The summed E-state index contributed by atoms with van der Waals surface area (Å²) in [5, 5.41) is 0.865. The molecule has 2 heterocycles. The Hall–Kier alpha value is -1.37. The van der Waals surface area contributed by atoms with Crippen molar-refractivity contribution in [2.24, 2.45) is 5.41 Å². The summed E-state index contributed by atoms with van der Waals surface area (Å²) in [6.07, 6.45) is 6.98. The van der Waals surface area contributed by atoms with Gasteiger partial charge < -0.3 is 15.5 Å². The number of carbonyl (C=O) groups is 1. The SMILES string of the molecule is CC1(CC(=O)N2CCN(c3nc(N)ns3)CC2)CCCCC1. The molecule has 6 nitrogen and oxygen atoms in total. The molecule has 0 unspecified atom stereocenters. The number of anilines is 2. The number of nitrogen functional groups attached to an aromatic ring is 1. The normalized spacial score (nSPS) is 21.9. The summed E-state index contributed by atoms with van der Waals surface area (Å²) in [5.41, 5.74) is 5.80. The summed E-state index contributed by atoms with van der Waals surface area (Å²) < 4.78 is 4.02. The quantitative estimate of drug-likeness (QED) is 0.922. The van der Waals surface area contributed by atoms with Crippen molar-refractivity contribution in [2.45, 2.75) is 45.4 Å². The molecular formula is C15H25N5OS. The molecule has 1 saturated heterocycles. The van der Waals surface area contributed by atoms with Crippen LogP contribution in [-0.4, -0.2) is 46.3 Å². The maximum atomic E-state index is 12.6. The van der Waals surface area contributed by atoms with Crippen molar-refractivity contribution in [1.82, 2.24) is 14.3 Å². The molecule has 3 rings (SSSR count). The number of hydrogen-bond donors (Lipinski definition) is 1. The Morgan fingerprint density at radius 1 is 1.23 bits per heavy atom. The second kappa shape index (κ2) is 6.40. The minimum absolute atomic E-state index is 0.222. The van der Waals surface area contributed by atoms with Gasteiger partial charge >= 0.3 is 0 Å². The predicted molar refractivity (Wildman–Crippen MR) is 88.9 cm³/mol. The molecule has 0 bridgehead atoms. The van der Waals surface area contributed by atoms with Gasteiger partial charge in [0.05, 0.1) is 0 Å². The highest BCUT2D eigenvalue weighted by Crippen LogP contribution is 2.39. The number of nitrogens with zero attached hydrogens (tertiary/aromatic N) is 4. The van der Waals surface area contributed by atoms with Crippen molar-refractivity contribution in [1.29, 1.82) is 0 Å². The average Bonchev–Trinajstić information content (AvgIpc) is 2.94. The van der Waals surface area contributed by atoms with Gasteiger partial charge in [-0.3, -0.25) is 4.79 Å². The fraction of sp³-hybridized carbons (Fsp3) is 0.800. The van der Waals surface area contributed by atoms with E-state index in [2.05, 4.69) is 21.2 Å². The summed E-state index contributed by atoms with van der Waals surface area (Å²) in [6.45, 7) is 5.46. The Kier molecular flexibility index (Phi) is 4.52. The first-order valence-corrected chi connectivity index (χ1v) is 8.95. The summed E-state index contributed by atoms with van der Waals surface area (Å²) in [4.78, 5) is 21.0. The van der Waals surface area contributed by atoms with Crippen molar-refractivity contribution in [2.75, 3.05) is 36.8 Å². The van der Waals surface area contributed by atoms with Crippen LogP contribution in [0, 0.1) is 5.41 Å². The van der Waals surface area contributed by atoms with E-state index in [9.17, 15) is 4.79 Å². The van der Waals surface area contributed by atoms with Crippen LogP contribution in [0.15, 0.2) is 0 Å². The fourth-order valence-corrected chi connectivity index (χ4v) is 4.21. The lowest BCUT2D eigenvalue weighted by Gasteiger charge is -2.38. The van der Waals surface area contributed by atoms with Crippen molar-refractivity contribution in [3.05, 3.63) is 0 Å². The number of rotatable bonds is 3. The highest BCUT2D eigenvalue weighted by Gasteiger charge is 2.32. The zero-order valence-electron chi connectivity index (χ0n) is 13.3. The largest absolute Gasteiger partial charge is 0.367 e. The van der Waals surface area contributed by atoms with Gasteiger partial charge in [0.25, 0.3) is 0 Å². The molecule has 1 aliphatic carbocycles. The first-order valence-electron chi connectivity index (χ1n) is 8.18. The monoisotopic (exact) mass is 323 g/mol. The summed E-state index contributed by atoms with van der Waals surface area (Å²) in [5.74, 6) is 0.657. The van der Waals surface area contributed by atoms with Gasteiger partial charge in [0.15, 0.2) is 0 Å². The van der Waals surface area contributed by atoms with Crippen LogP contribution in [0.4, 0.5) is 11.1 Å². The average molecular weight is 323 g/mol. The number of amides is 1. The van der Waals surface area contributed by atoms with Gasteiger partial charge in [0.1, 0.15) is 0 Å². The highest BCUT2D eigenvalue weighted by molar-refractivity contribution is 7.09. The zero-order chi connectivity index (χ0) is 15.6. The van der Waals surface area contributed by atoms with E-state index in [-0.39, 0.29) is 5.41 Å². The molecule has 2 fully saturated rings. The van der Waals surface area contributed by atoms with Gasteiger partial charge in [-0.05, 0) is 18.3 Å². The number of hydrogen-bond acceptors (Lipinski definition) is 6. The molecule has 2 aliphatic rings. The van der Waals surface area contributed by atoms with Gasteiger partial charge in [-0.2, -0.15) is 9.36 Å². The van der Waals surface area contributed by atoms with E-state index in [0.29, 0.717) is 18.3 Å². The summed E-state index contributed by atoms with van der Waals surface area (Å²) >= 11 is 1.33. The Labute approximate surface area is 135 Å². The first-order chi connectivity index (χ1) is 10.6. The Morgan fingerprint density at radius 2 is 1.91 bits per heavy atom. The Balaban J connectivity index is 1.51. The second-order valence-corrected chi connectivity index (χ2v) is 7.58. The maximum absolute atomic E-state index is 12.6. The summed E-state index contributed by atoms with van der Waals surface area (Å²) in [7, 11) is 0. The zero-order valence-corrected chi connectivity index (χ0v) is 14.1. The van der Waals surface area contributed by atoms with E-state index in [1.807, 2.05) is 4.90 Å². The van der Waals surface area contributed by atoms with E-state index < -0.39 is 0 Å². The lowest BCUT2D eigenvalue weighted by molar-refractivity contribution is -0.134. The Bertz CT molecular complexity index is 518. The third-order valence-electron chi connectivity index (χ3n) is 4.97. The van der Waals surface area contributed by atoms with Crippen molar-refractivity contribution in [3.63, 3.8) is 0 Å². The van der Waals surface area contributed by atoms with Gasteiger partial charge in [-0.25, -0.2) is 0 Å². The molecule has 0 atom stereocenters. The molecule has 1 aliphatic heterocycles. The molecule has 1 aromatic rings. The van der Waals surface area contributed by atoms with Crippen LogP contribution < -0.4 is 10.6 Å². The third-order valence-corrected chi connectivity index (χ3v) is 5.76. The van der Waals surface area contributed by atoms with Crippen molar-refractivity contribution < 1.29 is 4.79 Å². The predicted octanol–water partition coefficient (Wildman–Crippen LogP) is 2.13. The standard InChI is InChI=1S/C15H25N5OS/c1-15(5-3-2-4-6-15)11-12(21)19-7-9-20(10-8-19)14-17-13(16)18-22-14/h2-11H2,1H3,(H2,16,18). The van der Waals surface area contributed by atoms with E-state index in [1.165, 1.54) is 43.6 Å². The van der Waals surface area contributed by atoms with Crippen molar-refractivity contribution in [3.8, 4) is 0 Å². The lowest BCUT2D eigenvalue weighted by Crippen LogP contribution is -2.49. The minimum atomic E-state index is 0.222. The van der Waals surface area contributed by atoms with Crippen molar-refractivity contribution >= 4 is 28.5 Å². The molecule has 1 aromatic heterocycles. The Morgan fingerprint density at radius 3 is 2.50 bits per heavy atom. The first kappa shape index (κ1) is 15.5. The van der Waals surface area contributed by atoms with Crippen LogP contribution in [0.3, 0.4) is 0 Å². The molecule has 7 heteroatoms. The molecular weight excluding hydrogens is 298 g/mol. The molecule has 22 heavy (non-hydrogen) atoms. The van der Waals surface area contributed by atoms with Gasteiger partial charge in [0, 0.05) is 44.1 Å². The number of carbonyl (C=O) groups excluding carboxylic acids is 1. The number of piperazine rings is 1. The fourth-order valence-electron chi connectivity index (χ4n) is 3.56. The number of aromatic nitrogens is 2. The van der Waals surface area contributed by atoms with Gasteiger partial charge in [0.2, 0.25) is 17.0 Å². The van der Waals surface area contributed by atoms with Crippen LogP contribution in [0.25, 0.3) is 0 Å². The van der Waals surface area contributed by atoms with Crippen LogP contribution in [0.2, 0.25) is 0 Å². The van der Waals surface area contributed by atoms with Gasteiger partial charge in [-0.1, -0.05) is 26.2 Å². The number of nitrogens with two attached hydrogens (primary N) is 1. The van der Waals surface area contributed by atoms with Crippen LogP contribution >= 0.6 is 11.5 Å². The maximum Gasteiger partial charge on any atom is 0.233 e. The van der Waals surface area contributed by atoms with E-state index in [0.717, 1.165) is 31.3 Å². The molecule has 1 saturated carbocycles. The molecule has 122 valence electrons. The van der Waals surface area contributed by atoms with E-state index in [4.69, 9.17) is 5.73 Å². The van der Waals surface area contributed by atoms with E-state index in [1.54, 1.807) is 0 Å². The van der Waals surface area contributed by atoms with E-state index >= 15 is 0 Å². The van der Waals surface area contributed by atoms with Gasteiger partial charge in [-0.15, -0.1) is 0 Å². The highest BCUT2D eigenvalue weighted by atomic mass is 32.1. The van der Waals surface area contributed by atoms with Crippen LogP contribution in [-0.2, 0) is 4.79 Å². The molecule has 1 amide bonds. The lowest BCUT2D eigenvalue weighted by atomic mass is 9.73. The summed E-state index contributed by atoms with van der Waals surface area (Å²) in [6, 6.07) is 0. The smallest absolute Gasteiger partial charge is 0.233 e. The second-order valence-electron chi connectivity index (χ2n) is 6.85.